The van der Waals surface area contributed by atoms with Crippen LogP contribution in [-0.2, 0) is 6.18 Å². The van der Waals surface area contributed by atoms with Crippen molar-refractivity contribution in [1.82, 2.24) is 4.90 Å². The molecule has 2 aliphatic heterocycles. The van der Waals surface area contributed by atoms with E-state index in [-0.39, 0.29) is 6.04 Å². The molecule has 116 valence electrons. The molecule has 0 amide bonds. The van der Waals surface area contributed by atoms with E-state index in [1.807, 2.05) is 0 Å². The van der Waals surface area contributed by atoms with Crippen LogP contribution in [0.2, 0.25) is 5.02 Å². The van der Waals surface area contributed by atoms with Gasteiger partial charge in [0.15, 0.2) is 0 Å². The van der Waals surface area contributed by atoms with Crippen molar-refractivity contribution in [3.63, 3.8) is 0 Å². The summed E-state index contributed by atoms with van der Waals surface area (Å²) in [6.45, 7) is 0. The fourth-order valence-electron chi connectivity index (χ4n) is 3.56. The molecule has 1 aromatic carbocycles. The molecule has 1 N–H and O–H groups in total. The zero-order valence-electron chi connectivity index (χ0n) is 11.8. The summed E-state index contributed by atoms with van der Waals surface area (Å²) in [5.41, 5.74) is -0.272. The van der Waals surface area contributed by atoms with E-state index < -0.39 is 11.7 Å². The third-order valence-electron chi connectivity index (χ3n) is 4.75. The second-order valence-corrected chi connectivity index (χ2v) is 6.46. The average Bonchev–Trinajstić information content (AvgIpc) is 2.62. The quantitative estimate of drug-likeness (QED) is 0.869. The lowest BCUT2D eigenvalue weighted by molar-refractivity contribution is -0.137. The number of hydrogen-bond donors (Lipinski definition) is 1. The van der Waals surface area contributed by atoms with Crippen molar-refractivity contribution in [2.75, 3.05) is 12.4 Å². The van der Waals surface area contributed by atoms with Crippen molar-refractivity contribution in [1.29, 1.82) is 0 Å². The van der Waals surface area contributed by atoms with Gasteiger partial charge in [0, 0.05) is 18.1 Å². The first-order valence-corrected chi connectivity index (χ1v) is 7.57. The lowest BCUT2D eigenvalue weighted by atomic mass is 9.97. The minimum atomic E-state index is -4.34. The lowest BCUT2D eigenvalue weighted by Gasteiger charge is -2.37. The fourth-order valence-corrected chi connectivity index (χ4v) is 3.73. The molecule has 1 aromatic rings. The number of hydrogen-bond acceptors (Lipinski definition) is 2. The summed E-state index contributed by atoms with van der Waals surface area (Å²) in [4.78, 5) is 2.39. The summed E-state index contributed by atoms with van der Waals surface area (Å²) in [6, 6.07) is 4.71. The predicted octanol–water partition coefficient (Wildman–Crippen LogP) is 4.40. The van der Waals surface area contributed by atoms with Crippen molar-refractivity contribution in [2.45, 2.75) is 50.0 Å². The first kappa shape index (κ1) is 15.0. The van der Waals surface area contributed by atoms with Crippen LogP contribution >= 0.6 is 11.6 Å². The highest BCUT2D eigenvalue weighted by atomic mass is 35.5. The Balaban J connectivity index is 1.76. The van der Waals surface area contributed by atoms with Gasteiger partial charge in [-0.2, -0.15) is 13.2 Å². The molecule has 0 radical (unpaired) electrons. The predicted molar refractivity (Wildman–Crippen MR) is 77.7 cm³/mol. The van der Waals surface area contributed by atoms with E-state index in [9.17, 15) is 13.2 Å². The maximum absolute atomic E-state index is 12.8. The van der Waals surface area contributed by atoms with E-state index in [1.54, 1.807) is 0 Å². The Morgan fingerprint density at radius 3 is 2.38 bits per heavy atom. The van der Waals surface area contributed by atoms with Crippen molar-refractivity contribution in [3.05, 3.63) is 28.8 Å². The molecule has 0 saturated carbocycles. The Bertz CT molecular complexity index is 518. The van der Waals surface area contributed by atoms with E-state index in [0.717, 1.165) is 25.0 Å². The van der Waals surface area contributed by atoms with Gasteiger partial charge in [-0.3, -0.25) is 0 Å². The molecule has 2 unspecified atom stereocenters. The van der Waals surface area contributed by atoms with Crippen molar-refractivity contribution in [3.8, 4) is 0 Å². The number of benzene rings is 1. The standard InChI is InChI=1S/C15H18ClF3N2/c1-21-11-3-4-12(21)8-10(7-11)20-14-6-9(15(17,18)19)2-5-13(14)16/h2,5-6,10-12,20H,3-4,7-8H2,1H3. The summed E-state index contributed by atoms with van der Waals surface area (Å²) in [7, 11) is 2.13. The van der Waals surface area contributed by atoms with Gasteiger partial charge in [0.1, 0.15) is 0 Å². The van der Waals surface area contributed by atoms with Crippen molar-refractivity contribution in [2.24, 2.45) is 0 Å². The normalized spacial score (nSPS) is 29.7. The number of halogens is 4. The van der Waals surface area contributed by atoms with Gasteiger partial charge < -0.3 is 10.2 Å². The minimum Gasteiger partial charge on any atom is -0.381 e. The molecule has 2 atom stereocenters. The summed E-state index contributed by atoms with van der Waals surface area (Å²) in [5, 5.41) is 3.57. The number of fused-ring (bicyclic) bond motifs is 2. The van der Waals surface area contributed by atoms with Gasteiger partial charge in [0.05, 0.1) is 16.3 Å². The molecule has 21 heavy (non-hydrogen) atoms. The second-order valence-electron chi connectivity index (χ2n) is 6.06. The number of nitrogens with one attached hydrogen (secondary N) is 1. The van der Waals surface area contributed by atoms with E-state index in [2.05, 4.69) is 17.3 Å². The monoisotopic (exact) mass is 318 g/mol. The Kier molecular flexibility index (Phi) is 3.82. The molecular formula is C15H18ClF3N2. The highest BCUT2D eigenvalue weighted by Crippen LogP contribution is 2.38. The Morgan fingerprint density at radius 2 is 1.81 bits per heavy atom. The van der Waals surface area contributed by atoms with Gasteiger partial charge in [-0.15, -0.1) is 0 Å². The number of piperidine rings is 1. The van der Waals surface area contributed by atoms with E-state index in [4.69, 9.17) is 11.6 Å². The van der Waals surface area contributed by atoms with Gasteiger partial charge in [-0.05, 0) is 50.9 Å². The van der Waals surface area contributed by atoms with Crippen LogP contribution in [0.5, 0.6) is 0 Å². The minimum absolute atomic E-state index is 0.194. The van der Waals surface area contributed by atoms with Crippen LogP contribution in [-0.4, -0.2) is 30.1 Å². The fraction of sp³-hybridized carbons (Fsp3) is 0.600. The molecule has 2 heterocycles. The van der Waals surface area contributed by atoms with Crippen LogP contribution in [0.3, 0.4) is 0 Å². The number of rotatable bonds is 2. The first-order chi connectivity index (χ1) is 9.84. The van der Waals surface area contributed by atoms with Crippen LogP contribution in [0, 0.1) is 0 Å². The number of nitrogens with zero attached hydrogens (tertiary/aromatic N) is 1. The number of anilines is 1. The third-order valence-corrected chi connectivity index (χ3v) is 5.08. The molecule has 2 bridgehead atoms. The molecule has 0 aromatic heterocycles. The molecule has 0 spiro atoms. The SMILES string of the molecule is CN1C2CCC1CC(Nc1cc(C(F)(F)F)ccc1Cl)C2. The topological polar surface area (TPSA) is 15.3 Å². The van der Waals surface area contributed by atoms with E-state index in [0.29, 0.717) is 22.8 Å². The van der Waals surface area contributed by atoms with Crippen LogP contribution < -0.4 is 5.32 Å². The molecule has 2 nitrogen and oxygen atoms in total. The number of alkyl halides is 3. The molecule has 6 heteroatoms. The first-order valence-electron chi connectivity index (χ1n) is 7.20. The second kappa shape index (κ2) is 5.36. The molecular weight excluding hydrogens is 301 g/mol. The largest absolute Gasteiger partial charge is 0.416 e. The summed E-state index contributed by atoms with van der Waals surface area (Å²) < 4.78 is 38.4. The van der Waals surface area contributed by atoms with Crippen LogP contribution in [0.4, 0.5) is 18.9 Å². The van der Waals surface area contributed by atoms with E-state index >= 15 is 0 Å². The molecule has 2 saturated heterocycles. The van der Waals surface area contributed by atoms with Gasteiger partial charge in [-0.25, -0.2) is 0 Å². The van der Waals surface area contributed by atoms with Crippen LogP contribution in [0.15, 0.2) is 18.2 Å². The van der Waals surface area contributed by atoms with Crippen LogP contribution in [0.1, 0.15) is 31.2 Å². The highest BCUT2D eigenvalue weighted by Gasteiger charge is 2.38. The molecule has 3 rings (SSSR count). The van der Waals surface area contributed by atoms with Gasteiger partial charge in [0.2, 0.25) is 0 Å². The Morgan fingerprint density at radius 1 is 1.19 bits per heavy atom. The van der Waals surface area contributed by atoms with Crippen molar-refractivity contribution >= 4 is 17.3 Å². The lowest BCUT2D eigenvalue weighted by Crippen LogP contribution is -2.44. The average molecular weight is 319 g/mol. The van der Waals surface area contributed by atoms with E-state index in [1.165, 1.54) is 18.9 Å². The van der Waals surface area contributed by atoms with Gasteiger partial charge in [-0.1, -0.05) is 11.6 Å². The smallest absolute Gasteiger partial charge is 0.381 e. The Hall–Kier alpha value is -0.940. The Labute approximate surface area is 127 Å². The summed E-state index contributed by atoms with van der Waals surface area (Å²) in [5.74, 6) is 0. The van der Waals surface area contributed by atoms with Gasteiger partial charge in [0.25, 0.3) is 0 Å². The molecule has 2 aliphatic rings. The molecule has 2 fully saturated rings. The highest BCUT2D eigenvalue weighted by molar-refractivity contribution is 6.33. The van der Waals surface area contributed by atoms with Crippen molar-refractivity contribution < 1.29 is 13.2 Å². The summed E-state index contributed by atoms with van der Waals surface area (Å²) >= 11 is 6.04. The summed E-state index contributed by atoms with van der Waals surface area (Å²) in [6.07, 6.45) is -0.0721. The maximum atomic E-state index is 12.8. The van der Waals surface area contributed by atoms with Gasteiger partial charge >= 0.3 is 6.18 Å². The zero-order chi connectivity index (χ0) is 15.2. The maximum Gasteiger partial charge on any atom is 0.416 e. The zero-order valence-corrected chi connectivity index (χ0v) is 12.5. The third kappa shape index (κ3) is 2.99. The molecule has 0 aliphatic carbocycles. The van der Waals surface area contributed by atoms with Crippen LogP contribution in [0.25, 0.3) is 0 Å².